The fourth-order valence-electron chi connectivity index (χ4n) is 2.65. The Kier molecular flexibility index (Phi) is 4.52. The first-order chi connectivity index (χ1) is 11.1. The maximum Gasteiger partial charge on any atom is 0.126 e. The molecule has 0 saturated carbocycles. The van der Waals surface area contributed by atoms with Gasteiger partial charge in [0.05, 0.1) is 5.69 Å². The number of benzene rings is 2. The van der Waals surface area contributed by atoms with Crippen molar-refractivity contribution in [3.05, 3.63) is 89.4 Å². The summed E-state index contributed by atoms with van der Waals surface area (Å²) < 4.78 is 14.2. The minimum Gasteiger partial charge on any atom is -0.256 e. The molecule has 3 rings (SSSR count). The Morgan fingerprint density at radius 3 is 2.48 bits per heavy atom. The van der Waals surface area contributed by atoms with E-state index in [2.05, 4.69) is 24.9 Å². The lowest BCUT2D eigenvalue weighted by molar-refractivity contribution is 0.614. The van der Waals surface area contributed by atoms with Crippen molar-refractivity contribution in [2.45, 2.75) is 26.2 Å². The molecule has 1 aromatic heterocycles. The van der Waals surface area contributed by atoms with Crippen LogP contribution >= 0.6 is 0 Å². The third-order valence-electron chi connectivity index (χ3n) is 4.03. The second-order valence-corrected chi connectivity index (χ2v) is 6.10. The largest absolute Gasteiger partial charge is 0.256 e. The third-order valence-corrected chi connectivity index (χ3v) is 4.03. The van der Waals surface area contributed by atoms with Gasteiger partial charge < -0.3 is 0 Å². The maximum atomic E-state index is 14.2. The van der Waals surface area contributed by atoms with E-state index in [1.54, 1.807) is 6.07 Å². The smallest absolute Gasteiger partial charge is 0.126 e. The average Bonchev–Trinajstić information content (AvgIpc) is 2.58. The van der Waals surface area contributed by atoms with Gasteiger partial charge in [0, 0.05) is 18.2 Å². The highest BCUT2D eigenvalue weighted by molar-refractivity contribution is 5.61. The van der Waals surface area contributed by atoms with Crippen molar-refractivity contribution >= 4 is 0 Å². The topological polar surface area (TPSA) is 12.9 Å². The highest BCUT2D eigenvalue weighted by Gasteiger charge is 2.08. The van der Waals surface area contributed by atoms with Gasteiger partial charge in [0.15, 0.2) is 0 Å². The Morgan fingerprint density at radius 1 is 0.957 bits per heavy atom. The van der Waals surface area contributed by atoms with Crippen LogP contribution in [0.25, 0.3) is 11.3 Å². The van der Waals surface area contributed by atoms with Crippen molar-refractivity contribution in [2.75, 3.05) is 0 Å². The van der Waals surface area contributed by atoms with Crippen molar-refractivity contribution in [3.8, 4) is 11.3 Å². The Hall–Kier alpha value is -2.48. The number of hydrogen-bond acceptors (Lipinski definition) is 1. The van der Waals surface area contributed by atoms with Crippen LogP contribution in [0.4, 0.5) is 4.39 Å². The van der Waals surface area contributed by atoms with Gasteiger partial charge in [-0.3, -0.25) is 4.98 Å². The fourth-order valence-corrected chi connectivity index (χ4v) is 2.65. The predicted octanol–water partition coefficient (Wildman–Crippen LogP) is 5.60. The normalized spacial score (nSPS) is 11.0. The molecule has 2 heteroatoms. The molecule has 0 bridgehead atoms. The molecular weight excluding hydrogens is 285 g/mol. The van der Waals surface area contributed by atoms with Crippen LogP contribution < -0.4 is 0 Å². The zero-order valence-corrected chi connectivity index (χ0v) is 13.5. The fraction of sp³-hybridized carbons (Fsp3) is 0.190. The van der Waals surface area contributed by atoms with Crippen molar-refractivity contribution in [1.82, 2.24) is 4.98 Å². The molecule has 0 unspecified atom stereocenters. The number of nitrogens with zero attached hydrogens (tertiary/aromatic N) is 1. The SMILES string of the molecule is CC(C)c1ccnc(-c2ccc(F)c(Cc3ccccc3)c2)c1. The number of rotatable bonds is 4. The van der Waals surface area contributed by atoms with E-state index in [-0.39, 0.29) is 5.82 Å². The highest BCUT2D eigenvalue weighted by Crippen LogP contribution is 2.25. The molecule has 0 amide bonds. The molecule has 2 aromatic carbocycles. The lowest BCUT2D eigenvalue weighted by Crippen LogP contribution is -1.95. The van der Waals surface area contributed by atoms with Gasteiger partial charge in [-0.25, -0.2) is 4.39 Å². The quantitative estimate of drug-likeness (QED) is 0.611. The number of pyridine rings is 1. The molecule has 0 spiro atoms. The van der Waals surface area contributed by atoms with Crippen LogP contribution in [-0.4, -0.2) is 4.98 Å². The van der Waals surface area contributed by atoms with Crippen molar-refractivity contribution < 1.29 is 4.39 Å². The minimum absolute atomic E-state index is 0.169. The summed E-state index contributed by atoms with van der Waals surface area (Å²) in [5, 5.41) is 0. The summed E-state index contributed by atoms with van der Waals surface area (Å²) in [7, 11) is 0. The van der Waals surface area contributed by atoms with Crippen LogP contribution in [0.3, 0.4) is 0 Å². The van der Waals surface area contributed by atoms with E-state index in [0.717, 1.165) is 16.8 Å². The Balaban J connectivity index is 1.95. The first kappa shape index (κ1) is 15.4. The molecule has 0 radical (unpaired) electrons. The molecular formula is C21H20FN. The van der Waals surface area contributed by atoms with Gasteiger partial charge in [0.25, 0.3) is 0 Å². The van der Waals surface area contributed by atoms with Crippen molar-refractivity contribution in [2.24, 2.45) is 0 Å². The monoisotopic (exact) mass is 305 g/mol. The molecule has 1 nitrogen and oxygen atoms in total. The van der Waals surface area contributed by atoms with Gasteiger partial charge in [-0.1, -0.05) is 44.2 Å². The second-order valence-electron chi connectivity index (χ2n) is 6.10. The lowest BCUT2D eigenvalue weighted by Gasteiger charge is -2.10. The van der Waals surface area contributed by atoms with Crippen molar-refractivity contribution in [1.29, 1.82) is 0 Å². The summed E-state index contributed by atoms with van der Waals surface area (Å²) in [6, 6.07) is 19.3. The molecule has 0 atom stereocenters. The van der Waals surface area contributed by atoms with E-state index in [9.17, 15) is 4.39 Å². The van der Waals surface area contributed by atoms with E-state index in [1.807, 2.05) is 48.7 Å². The van der Waals surface area contributed by atoms with Crippen LogP contribution in [-0.2, 0) is 6.42 Å². The van der Waals surface area contributed by atoms with Gasteiger partial charge in [-0.05, 0) is 52.9 Å². The number of halogens is 1. The third kappa shape index (κ3) is 3.65. The van der Waals surface area contributed by atoms with Gasteiger partial charge in [0.1, 0.15) is 5.82 Å². The molecule has 0 fully saturated rings. The average molecular weight is 305 g/mol. The highest BCUT2D eigenvalue weighted by atomic mass is 19.1. The molecule has 116 valence electrons. The van der Waals surface area contributed by atoms with Gasteiger partial charge in [-0.2, -0.15) is 0 Å². The predicted molar refractivity (Wildman–Crippen MR) is 93.0 cm³/mol. The van der Waals surface area contributed by atoms with Crippen LogP contribution in [0.5, 0.6) is 0 Å². The second kappa shape index (κ2) is 6.74. The summed E-state index contributed by atoms with van der Waals surface area (Å²) in [6.45, 7) is 4.31. The van der Waals surface area contributed by atoms with Gasteiger partial charge in [0.2, 0.25) is 0 Å². The summed E-state index contributed by atoms with van der Waals surface area (Å²) in [6.07, 6.45) is 2.41. The molecule has 23 heavy (non-hydrogen) atoms. The van der Waals surface area contributed by atoms with Crippen LogP contribution in [0.2, 0.25) is 0 Å². The summed E-state index contributed by atoms with van der Waals surface area (Å²) in [5.41, 5.74) is 4.90. The van der Waals surface area contributed by atoms with E-state index in [0.29, 0.717) is 17.9 Å². The molecule has 3 aromatic rings. The summed E-state index contributed by atoms with van der Waals surface area (Å²) in [5.74, 6) is 0.276. The first-order valence-electron chi connectivity index (χ1n) is 7.92. The lowest BCUT2D eigenvalue weighted by atomic mass is 9.98. The number of hydrogen-bond donors (Lipinski definition) is 0. The molecule has 1 heterocycles. The Morgan fingerprint density at radius 2 is 1.74 bits per heavy atom. The number of aromatic nitrogens is 1. The molecule has 0 aliphatic rings. The maximum absolute atomic E-state index is 14.2. The molecule has 0 N–H and O–H groups in total. The zero-order chi connectivity index (χ0) is 16.2. The van der Waals surface area contributed by atoms with Gasteiger partial charge >= 0.3 is 0 Å². The molecule has 0 aliphatic heterocycles. The van der Waals surface area contributed by atoms with Crippen LogP contribution in [0.1, 0.15) is 36.5 Å². The zero-order valence-electron chi connectivity index (χ0n) is 13.5. The van der Waals surface area contributed by atoms with E-state index >= 15 is 0 Å². The standard InChI is InChI=1S/C21H20FN/c1-15(2)17-10-11-23-21(14-17)18-8-9-20(22)19(13-18)12-16-6-4-3-5-7-16/h3-11,13-15H,12H2,1-2H3. The van der Waals surface area contributed by atoms with E-state index in [1.165, 1.54) is 11.6 Å². The van der Waals surface area contributed by atoms with Crippen LogP contribution in [0.15, 0.2) is 66.9 Å². The first-order valence-corrected chi connectivity index (χ1v) is 7.92. The Bertz CT molecular complexity index is 794. The molecule has 0 aliphatic carbocycles. The van der Waals surface area contributed by atoms with Crippen LogP contribution in [0, 0.1) is 5.82 Å². The minimum atomic E-state index is -0.169. The van der Waals surface area contributed by atoms with Gasteiger partial charge in [-0.15, -0.1) is 0 Å². The van der Waals surface area contributed by atoms with E-state index in [4.69, 9.17) is 0 Å². The Labute approximate surface area is 136 Å². The summed E-state index contributed by atoms with van der Waals surface area (Å²) in [4.78, 5) is 4.45. The van der Waals surface area contributed by atoms with Crippen molar-refractivity contribution in [3.63, 3.8) is 0 Å². The van der Waals surface area contributed by atoms with E-state index < -0.39 is 0 Å². The summed E-state index contributed by atoms with van der Waals surface area (Å²) >= 11 is 0. The molecule has 0 saturated heterocycles.